The summed E-state index contributed by atoms with van der Waals surface area (Å²) in [7, 11) is 1.88. The fraction of sp³-hybridized carbons (Fsp3) is 0.357. The van der Waals surface area contributed by atoms with Crippen LogP contribution in [-0.2, 0) is 0 Å². The number of hydrogen-bond acceptors (Lipinski definition) is 4. The van der Waals surface area contributed by atoms with E-state index in [0.29, 0.717) is 0 Å². The summed E-state index contributed by atoms with van der Waals surface area (Å²) in [4.78, 5) is 4.49. The Morgan fingerprint density at radius 3 is 3.00 bits per heavy atom. The van der Waals surface area contributed by atoms with Crippen molar-refractivity contribution in [2.24, 2.45) is 0 Å². The fourth-order valence-electron chi connectivity index (χ4n) is 2.42. The standard InChI is InChI=1S/C14H15FN2OS/c1-8-17-12(7-19-8)14-6-11(16-2)10-5-9(15)3-4-13(10)18-14/h3-5,7,11,14,16H,6H2,1-2H3. The summed E-state index contributed by atoms with van der Waals surface area (Å²) >= 11 is 1.62. The third-order valence-electron chi connectivity index (χ3n) is 3.38. The molecule has 3 nitrogen and oxygen atoms in total. The molecular formula is C14H15FN2OS. The van der Waals surface area contributed by atoms with Gasteiger partial charge in [0.2, 0.25) is 0 Å². The summed E-state index contributed by atoms with van der Waals surface area (Å²) in [6, 6.07) is 4.76. The molecule has 1 N–H and O–H groups in total. The first-order valence-electron chi connectivity index (χ1n) is 6.23. The number of aryl methyl sites for hydroxylation is 1. The Labute approximate surface area is 115 Å². The van der Waals surface area contributed by atoms with Gasteiger partial charge in [-0.15, -0.1) is 11.3 Å². The van der Waals surface area contributed by atoms with E-state index < -0.39 is 0 Å². The molecule has 1 aliphatic heterocycles. The zero-order valence-electron chi connectivity index (χ0n) is 10.8. The van der Waals surface area contributed by atoms with Crippen molar-refractivity contribution in [3.63, 3.8) is 0 Å². The Hall–Kier alpha value is -1.46. The zero-order chi connectivity index (χ0) is 13.4. The molecule has 0 aliphatic carbocycles. The Balaban J connectivity index is 1.95. The second-order valence-electron chi connectivity index (χ2n) is 4.66. The van der Waals surface area contributed by atoms with Gasteiger partial charge in [0.1, 0.15) is 17.7 Å². The van der Waals surface area contributed by atoms with E-state index in [0.717, 1.165) is 28.4 Å². The van der Waals surface area contributed by atoms with E-state index in [1.807, 2.05) is 19.4 Å². The number of ether oxygens (including phenoxy) is 1. The number of hydrogen-bond donors (Lipinski definition) is 1. The molecule has 0 radical (unpaired) electrons. The summed E-state index contributed by atoms with van der Waals surface area (Å²) < 4.78 is 19.3. The molecule has 1 aromatic heterocycles. The highest BCUT2D eigenvalue weighted by Crippen LogP contribution is 2.40. The van der Waals surface area contributed by atoms with Crippen LogP contribution in [0.2, 0.25) is 0 Å². The SMILES string of the molecule is CNC1CC(c2csc(C)n2)Oc2ccc(F)cc21. The van der Waals surface area contributed by atoms with E-state index in [9.17, 15) is 4.39 Å². The van der Waals surface area contributed by atoms with Crippen molar-refractivity contribution < 1.29 is 9.13 Å². The van der Waals surface area contributed by atoms with Crippen LogP contribution < -0.4 is 10.1 Å². The molecule has 0 saturated carbocycles. The van der Waals surface area contributed by atoms with E-state index in [1.54, 1.807) is 23.5 Å². The largest absolute Gasteiger partial charge is 0.484 e. The van der Waals surface area contributed by atoms with Gasteiger partial charge in [-0.25, -0.2) is 9.37 Å². The minimum atomic E-state index is -0.231. The van der Waals surface area contributed by atoms with Crippen LogP contribution in [-0.4, -0.2) is 12.0 Å². The van der Waals surface area contributed by atoms with Gasteiger partial charge >= 0.3 is 0 Å². The smallest absolute Gasteiger partial charge is 0.143 e. The molecule has 2 unspecified atom stereocenters. The summed E-state index contributed by atoms with van der Waals surface area (Å²) in [5, 5.41) is 6.28. The number of fused-ring (bicyclic) bond motifs is 1. The number of nitrogens with zero attached hydrogens (tertiary/aromatic N) is 1. The van der Waals surface area contributed by atoms with E-state index in [2.05, 4.69) is 10.3 Å². The summed E-state index contributed by atoms with van der Waals surface area (Å²) in [6.07, 6.45) is 0.691. The van der Waals surface area contributed by atoms with Gasteiger partial charge in [-0.3, -0.25) is 0 Å². The van der Waals surface area contributed by atoms with Crippen molar-refractivity contribution in [2.75, 3.05) is 7.05 Å². The molecule has 1 aliphatic rings. The molecule has 2 atom stereocenters. The van der Waals surface area contributed by atoms with E-state index in [-0.39, 0.29) is 18.0 Å². The van der Waals surface area contributed by atoms with Crippen LogP contribution >= 0.6 is 11.3 Å². The first-order valence-corrected chi connectivity index (χ1v) is 7.10. The minimum absolute atomic E-state index is 0.0691. The highest BCUT2D eigenvalue weighted by Gasteiger charge is 2.30. The van der Waals surface area contributed by atoms with E-state index in [1.165, 1.54) is 6.07 Å². The van der Waals surface area contributed by atoms with Crippen LogP contribution in [0.1, 0.15) is 34.8 Å². The lowest BCUT2D eigenvalue weighted by Crippen LogP contribution is -2.27. The number of halogens is 1. The van der Waals surface area contributed by atoms with Crippen LogP contribution in [0.4, 0.5) is 4.39 Å². The molecule has 1 aromatic carbocycles. The van der Waals surface area contributed by atoms with Gasteiger partial charge in [-0.05, 0) is 32.2 Å². The number of thiazole rings is 1. The lowest BCUT2D eigenvalue weighted by atomic mass is 9.95. The molecular weight excluding hydrogens is 263 g/mol. The average Bonchev–Trinajstić information content (AvgIpc) is 2.84. The third kappa shape index (κ3) is 2.35. The van der Waals surface area contributed by atoms with Crippen molar-refractivity contribution in [1.29, 1.82) is 0 Å². The molecule has 0 bridgehead atoms. The Morgan fingerprint density at radius 1 is 1.47 bits per heavy atom. The van der Waals surface area contributed by atoms with Crippen LogP contribution in [0.5, 0.6) is 5.75 Å². The van der Waals surface area contributed by atoms with E-state index in [4.69, 9.17) is 4.74 Å². The van der Waals surface area contributed by atoms with Crippen LogP contribution in [0.3, 0.4) is 0 Å². The van der Waals surface area contributed by atoms with E-state index >= 15 is 0 Å². The van der Waals surface area contributed by atoms with Gasteiger partial charge in [0.05, 0.1) is 10.7 Å². The first-order chi connectivity index (χ1) is 9.17. The lowest BCUT2D eigenvalue weighted by molar-refractivity contribution is 0.150. The molecule has 0 amide bonds. The predicted molar refractivity (Wildman–Crippen MR) is 73.0 cm³/mol. The Kier molecular flexibility index (Phi) is 3.24. The monoisotopic (exact) mass is 278 g/mol. The minimum Gasteiger partial charge on any atom is -0.484 e. The molecule has 0 spiro atoms. The maximum atomic E-state index is 13.3. The van der Waals surface area contributed by atoms with Gasteiger partial charge < -0.3 is 10.1 Å². The van der Waals surface area contributed by atoms with Crippen molar-refractivity contribution in [1.82, 2.24) is 10.3 Å². The maximum Gasteiger partial charge on any atom is 0.143 e. The highest BCUT2D eigenvalue weighted by molar-refractivity contribution is 7.09. The number of aromatic nitrogens is 1. The van der Waals surface area contributed by atoms with Gasteiger partial charge in [0, 0.05) is 23.4 Å². The van der Waals surface area contributed by atoms with Crippen LogP contribution in [0.15, 0.2) is 23.6 Å². The van der Waals surface area contributed by atoms with Gasteiger partial charge in [0.15, 0.2) is 0 Å². The Morgan fingerprint density at radius 2 is 2.32 bits per heavy atom. The zero-order valence-corrected chi connectivity index (χ0v) is 11.6. The Bertz CT molecular complexity index is 599. The van der Waals surface area contributed by atoms with Crippen molar-refractivity contribution in [2.45, 2.75) is 25.5 Å². The van der Waals surface area contributed by atoms with Crippen molar-refractivity contribution in [3.8, 4) is 5.75 Å². The van der Waals surface area contributed by atoms with Crippen molar-refractivity contribution in [3.05, 3.63) is 45.7 Å². The second-order valence-corrected chi connectivity index (χ2v) is 5.72. The highest BCUT2D eigenvalue weighted by atomic mass is 32.1. The molecule has 3 rings (SSSR count). The molecule has 19 heavy (non-hydrogen) atoms. The van der Waals surface area contributed by atoms with Crippen LogP contribution in [0.25, 0.3) is 0 Å². The molecule has 2 aromatic rings. The molecule has 100 valence electrons. The molecule has 2 heterocycles. The van der Waals surface area contributed by atoms with Crippen LogP contribution in [0, 0.1) is 12.7 Å². The quantitative estimate of drug-likeness (QED) is 0.914. The maximum absolute atomic E-state index is 13.3. The number of rotatable bonds is 2. The van der Waals surface area contributed by atoms with Crippen molar-refractivity contribution >= 4 is 11.3 Å². The number of nitrogens with one attached hydrogen (secondary N) is 1. The second kappa shape index (κ2) is 4.90. The topological polar surface area (TPSA) is 34.2 Å². The van der Waals surface area contributed by atoms with Gasteiger partial charge in [-0.2, -0.15) is 0 Å². The van der Waals surface area contributed by atoms with Gasteiger partial charge in [0.25, 0.3) is 0 Å². The normalized spacial score (nSPS) is 21.8. The van der Waals surface area contributed by atoms with Gasteiger partial charge in [-0.1, -0.05) is 0 Å². The average molecular weight is 278 g/mol. The molecule has 5 heteroatoms. The third-order valence-corrected chi connectivity index (χ3v) is 4.17. The summed E-state index contributed by atoms with van der Waals surface area (Å²) in [6.45, 7) is 1.98. The summed E-state index contributed by atoms with van der Waals surface area (Å²) in [5.41, 5.74) is 1.84. The molecule has 0 fully saturated rings. The molecule has 0 saturated heterocycles. The fourth-order valence-corrected chi connectivity index (χ4v) is 3.08. The first kappa shape index (κ1) is 12.6. The predicted octanol–water partition coefficient (Wildman–Crippen LogP) is 3.37. The number of benzene rings is 1. The summed E-state index contributed by atoms with van der Waals surface area (Å²) in [5.74, 6) is 0.508. The lowest BCUT2D eigenvalue weighted by Gasteiger charge is -2.31.